The Morgan fingerprint density at radius 2 is 1.12 bits per heavy atom. The van der Waals surface area contributed by atoms with Crippen LogP contribution in [0.5, 0.6) is 0 Å². The second kappa shape index (κ2) is 12.2. The molecule has 0 saturated carbocycles. The van der Waals surface area contributed by atoms with Crippen molar-refractivity contribution in [2.45, 2.75) is 38.5 Å². The molecule has 59 heavy (non-hydrogen) atoms. The highest BCUT2D eigenvalue weighted by molar-refractivity contribution is 6.17. The van der Waals surface area contributed by atoms with Gasteiger partial charge in [-0.1, -0.05) is 137 Å². The van der Waals surface area contributed by atoms with Crippen molar-refractivity contribution in [3.8, 4) is 33.8 Å². The van der Waals surface area contributed by atoms with Crippen LogP contribution in [0.1, 0.15) is 44.4 Å². The van der Waals surface area contributed by atoms with Crippen LogP contribution in [0.2, 0.25) is 0 Å². The number of para-hydroxylation sites is 4. The van der Waals surface area contributed by atoms with Crippen molar-refractivity contribution in [2.24, 2.45) is 0 Å². The monoisotopic (exact) mass is 758 g/mol. The topological polar surface area (TPSA) is 26.0 Å². The molecule has 2 aliphatic rings. The minimum atomic E-state index is -0.198. The minimum absolute atomic E-state index is 0.169. The molecule has 0 radical (unpaired) electrons. The fraction of sp³-hybridized carbons (Fsp3) is 0.109. The van der Waals surface area contributed by atoms with E-state index in [-0.39, 0.29) is 10.8 Å². The number of hydrogen-bond acceptors (Lipinski definition) is 2. The predicted octanol–water partition coefficient (Wildman–Crippen LogP) is 14.2. The number of nitrogens with zero attached hydrogens (tertiary/aromatic N) is 4. The molecule has 0 unspecified atom stereocenters. The standard InChI is InChI=1S/C55H42N4/c1-54(2)31-32-57-48-23-13-10-20-43(48)55(3,4)44-34-56-52(51(54)53(44)57)35-25-28-38(29-26-35)58-45-21-11-8-17-40(45)42-33-36(27-30-47(42)58)39-19-14-24-49-50(39)41-18-9-12-22-46(41)59(49)37-15-6-5-7-16-37/h5-34H,1-4H3. The maximum atomic E-state index is 5.29. The van der Waals surface area contributed by atoms with Crippen LogP contribution in [0.25, 0.3) is 77.4 Å². The van der Waals surface area contributed by atoms with Gasteiger partial charge in [0, 0.05) is 78.5 Å². The molecule has 4 heteroatoms. The normalized spacial score (nSPS) is 14.9. The fourth-order valence-corrected chi connectivity index (χ4v) is 10.3. The lowest BCUT2D eigenvalue weighted by Gasteiger charge is -2.46. The number of aromatic nitrogens is 3. The number of allylic oxidation sites excluding steroid dienone is 1. The van der Waals surface area contributed by atoms with E-state index in [0.717, 1.165) is 16.9 Å². The zero-order chi connectivity index (χ0) is 39.6. The average Bonchev–Trinajstić information content (AvgIpc) is 3.79. The highest BCUT2D eigenvalue weighted by atomic mass is 15.2. The molecule has 2 aliphatic heterocycles. The lowest BCUT2D eigenvalue weighted by molar-refractivity contribution is 0.603. The van der Waals surface area contributed by atoms with Crippen LogP contribution in [-0.4, -0.2) is 14.1 Å². The maximum Gasteiger partial charge on any atom is 0.0763 e. The Hall–Kier alpha value is -7.17. The van der Waals surface area contributed by atoms with E-state index in [9.17, 15) is 0 Å². The SMILES string of the molecule is CC1(C)C=CN2c3ccccc3C(C)(C)c3cnc(-c4ccc(-n5c6ccccc6c6cc(-c7cccc8c7c7ccccc7n8-c7ccccc7)ccc65)cc4)c1c32. The van der Waals surface area contributed by atoms with Crippen molar-refractivity contribution in [3.05, 3.63) is 199 Å². The average molecular weight is 759 g/mol. The van der Waals surface area contributed by atoms with Gasteiger partial charge in [0.1, 0.15) is 0 Å². The molecule has 282 valence electrons. The predicted molar refractivity (Wildman–Crippen MR) is 247 cm³/mol. The molecule has 0 saturated heterocycles. The summed E-state index contributed by atoms with van der Waals surface area (Å²) in [6.45, 7) is 9.30. The number of hydrogen-bond donors (Lipinski definition) is 0. The molecule has 0 bridgehead atoms. The molecule has 5 heterocycles. The third-order valence-corrected chi connectivity index (χ3v) is 13.2. The Morgan fingerprint density at radius 3 is 1.93 bits per heavy atom. The minimum Gasteiger partial charge on any atom is -0.316 e. The highest BCUT2D eigenvalue weighted by Gasteiger charge is 2.42. The molecule has 0 amide bonds. The van der Waals surface area contributed by atoms with E-state index in [1.165, 1.54) is 88.5 Å². The summed E-state index contributed by atoms with van der Waals surface area (Å²) < 4.78 is 4.81. The van der Waals surface area contributed by atoms with Crippen LogP contribution in [0.3, 0.4) is 0 Å². The van der Waals surface area contributed by atoms with Crippen molar-refractivity contribution in [1.29, 1.82) is 0 Å². The van der Waals surface area contributed by atoms with Gasteiger partial charge in [0.25, 0.3) is 0 Å². The number of benzene rings is 7. The summed E-state index contributed by atoms with van der Waals surface area (Å²) in [5, 5.41) is 5.01. The van der Waals surface area contributed by atoms with Gasteiger partial charge in [0.15, 0.2) is 0 Å². The van der Waals surface area contributed by atoms with Crippen molar-refractivity contribution < 1.29 is 0 Å². The summed E-state index contributed by atoms with van der Waals surface area (Å²) in [6, 6.07) is 59.9. The van der Waals surface area contributed by atoms with Gasteiger partial charge in [0.05, 0.1) is 33.4 Å². The van der Waals surface area contributed by atoms with Crippen LogP contribution in [0.4, 0.5) is 11.4 Å². The van der Waals surface area contributed by atoms with Crippen LogP contribution in [0, 0.1) is 0 Å². The largest absolute Gasteiger partial charge is 0.316 e. The third-order valence-electron chi connectivity index (χ3n) is 13.2. The van der Waals surface area contributed by atoms with Crippen LogP contribution >= 0.6 is 0 Å². The number of rotatable bonds is 4. The van der Waals surface area contributed by atoms with E-state index in [4.69, 9.17) is 4.98 Å². The third kappa shape index (κ3) is 4.74. The van der Waals surface area contributed by atoms with E-state index in [2.05, 4.69) is 224 Å². The first-order valence-corrected chi connectivity index (χ1v) is 20.6. The van der Waals surface area contributed by atoms with E-state index in [1.807, 2.05) is 0 Å². The Labute approximate surface area is 343 Å². The number of pyridine rings is 1. The number of fused-ring (bicyclic) bond motifs is 8. The van der Waals surface area contributed by atoms with E-state index < -0.39 is 0 Å². The Balaban J connectivity index is 0.996. The van der Waals surface area contributed by atoms with Crippen molar-refractivity contribution >= 4 is 55.0 Å². The van der Waals surface area contributed by atoms with E-state index in [0.29, 0.717) is 0 Å². The van der Waals surface area contributed by atoms with Gasteiger partial charge in [0.2, 0.25) is 0 Å². The molecule has 10 aromatic rings. The zero-order valence-electron chi connectivity index (χ0n) is 33.6. The van der Waals surface area contributed by atoms with Crippen molar-refractivity contribution in [2.75, 3.05) is 4.90 Å². The summed E-state index contributed by atoms with van der Waals surface area (Å²) in [7, 11) is 0. The quantitative estimate of drug-likeness (QED) is 0.179. The molecule has 12 rings (SSSR count). The van der Waals surface area contributed by atoms with E-state index >= 15 is 0 Å². The van der Waals surface area contributed by atoms with Crippen LogP contribution in [0.15, 0.2) is 182 Å². The smallest absolute Gasteiger partial charge is 0.0763 e. The summed E-state index contributed by atoms with van der Waals surface area (Å²) in [4.78, 5) is 7.68. The molecule has 0 atom stereocenters. The molecular formula is C55H42N4. The van der Waals surface area contributed by atoms with Crippen molar-refractivity contribution in [1.82, 2.24) is 14.1 Å². The lowest BCUT2D eigenvalue weighted by atomic mass is 9.69. The van der Waals surface area contributed by atoms with Gasteiger partial charge in [-0.15, -0.1) is 0 Å². The molecule has 0 N–H and O–H groups in total. The molecule has 0 aliphatic carbocycles. The van der Waals surface area contributed by atoms with Gasteiger partial charge in [-0.3, -0.25) is 4.98 Å². The molecular weight excluding hydrogens is 717 g/mol. The summed E-state index contributed by atoms with van der Waals surface area (Å²) in [5.74, 6) is 0. The second-order valence-electron chi connectivity index (χ2n) is 17.3. The number of anilines is 2. The van der Waals surface area contributed by atoms with Gasteiger partial charge in [-0.25, -0.2) is 0 Å². The van der Waals surface area contributed by atoms with Gasteiger partial charge in [-0.05, 0) is 77.4 Å². The Morgan fingerprint density at radius 1 is 0.492 bits per heavy atom. The van der Waals surface area contributed by atoms with Gasteiger partial charge < -0.3 is 14.0 Å². The first-order valence-electron chi connectivity index (χ1n) is 20.6. The molecule has 3 aromatic heterocycles. The van der Waals surface area contributed by atoms with Crippen LogP contribution < -0.4 is 4.90 Å². The Bertz CT molecular complexity index is 3380. The molecule has 4 nitrogen and oxygen atoms in total. The highest BCUT2D eigenvalue weighted by Crippen LogP contribution is 2.55. The zero-order valence-corrected chi connectivity index (χ0v) is 33.6. The first kappa shape index (κ1) is 33.9. The molecule has 0 fully saturated rings. The summed E-state index contributed by atoms with van der Waals surface area (Å²) in [6.07, 6.45) is 6.73. The summed E-state index contributed by atoms with van der Waals surface area (Å²) >= 11 is 0. The van der Waals surface area contributed by atoms with Gasteiger partial charge in [-0.2, -0.15) is 0 Å². The molecule has 0 spiro atoms. The first-order chi connectivity index (χ1) is 28.8. The second-order valence-corrected chi connectivity index (χ2v) is 17.3. The van der Waals surface area contributed by atoms with Crippen LogP contribution in [-0.2, 0) is 10.8 Å². The van der Waals surface area contributed by atoms with Crippen molar-refractivity contribution in [3.63, 3.8) is 0 Å². The molecule has 7 aromatic carbocycles. The fourth-order valence-electron chi connectivity index (χ4n) is 10.3. The Kier molecular flexibility index (Phi) is 7.00. The maximum absolute atomic E-state index is 5.29. The summed E-state index contributed by atoms with van der Waals surface area (Å²) in [5.41, 5.74) is 17.7. The van der Waals surface area contributed by atoms with E-state index in [1.54, 1.807) is 0 Å². The lowest BCUT2D eigenvalue weighted by Crippen LogP contribution is -2.36. The van der Waals surface area contributed by atoms with Gasteiger partial charge >= 0.3 is 0 Å².